The molecule has 1 aliphatic heterocycles. The second-order valence-electron chi connectivity index (χ2n) is 6.36. The molecule has 0 unspecified atom stereocenters. The topological polar surface area (TPSA) is 41.3 Å². The Morgan fingerprint density at radius 1 is 1.47 bits per heavy atom. The maximum Gasteiger partial charge on any atom is 0.0519 e. The van der Waals surface area contributed by atoms with E-state index in [-0.39, 0.29) is 6.04 Å². The lowest BCUT2D eigenvalue weighted by Gasteiger charge is -2.42. The molecule has 1 fully saturated rings. The van der Waals surface area contributed by atoms with Gasteiger partial charge in [0.1, 0.15) is 0 Å². The number of likely N-dealkylation sites (tertiary alicyclic amines) is 1. The Balaban J connectivity index is 2.22. The highest BCUT2D eigenvalue weighted by Gasteiger charge is 2.46. The summed E-state index contributed by atoms with van der Waals surface area (Å²) in [5, 5.41) is 0. The van der Waals surface area contributed by atoms with Crippen molar-refractivity contribution in [3.8, 4) is 0 Å². The minimum Gasteiger partial charge on any atom is -0.306 e. The highest BCUT2D eigenvalue weighted by molar-refractivity contribution is 5.40. The minimum absolute atomic E-state index is 0.289. The van der Waals surface area contributed by atoms with Crippen LogP contribution in [0.2, 0.25) is 0 Å². The van der Waals surface area contributed by atoms with Crippen LogP contribution < -0.4 is 11.3 Å². The molecule has 0 bridgehead atoms. The molecular weight excluding hydrogens is 234 g/mol. The monoisotopic (exact) mass is 261 g/mol. The zero-order valence-electron chi connectivity index (χ0n) is 12.5. The van der Waals surface area contributed by atoms with Crippen LogP contribution in [0.1, 0.15) is 33.1 Å². The van der Waals surface area contributed by atoms with Crippen molar-refractivity contribution in [1.82, 2.24) is 10.3 Å². The van der Waals surface area contributed by atoms with Gasteiger partial charge in [0.15, 0.2) is 0 Å². The third-order valence-electron chi connectivity index (χ3n) is 4.73. The molecule has 0 aromatic heterocycles. The first-order chi connectivity index (χ1) is 8.98. The molecule has 0 aromatic rings. The van der Waals surface area contributed by atoms with Crippen molar-refractivity contribution in [2.75, 3.05) is 20.1 Å². The Labute approximate surface area is 117 Å². The van der Waals surface area contributed by atoms with Crippen LogP contribution in [0.15, 0.2) is 35.5 Å². The van der Waals surface area contributed by atoms with Crippen molar-refractivity contribution < 1.29 is 0 Å². The van der Waals surface area contributed by atoms with Crippen molar-refractivity contribution in [2.24, 2.45) is 11.3 Å². The first-order valence-electron chi connectivity index (χ1n) is 7.16. The van der Waals surface area contributed by atoms with E-state index in [1.807, 2.05) is 6.92 Å². The summed E-state index contributed by atoms with van der Waals surface area (Å²) in [6.45, 7) is 10.5. The number of hydrazine groups is 1. The molecule has 2 rings (SSSR count). The van der Waals surface area contributed by atoms with Gasteiger partial charge in [-0.25, -0.2) is 0 Å². The molecule has 1 spiro atoms. The average molecular weight is 261 g/mol. The number of piperidine rings is 1. The molecule has 3 N–H and O–H groups in total. The average Bonchev–Trinajstić information content (AvgIpc) is 2.62. The third kappa shape index (κ3) is 2.83. The molecule has 1 atom stereocenters. The van der Waals surface area contributed by atoms with Gasteiger partial charge in [-0.1, -0.05) is 29.9 Å². The lowest BCUT2D eigenvalue weighted by molar-refractivity contribution is 0.104. The van der Waals surface area contributed by atoms with Crippen molar-refractivity contribution in [3.05, 3.63) is 35.5 Å². The summed E-state index contributed by atoms with van der Waals surface area (Å²) in [4.78, 5) is 2.41. The second kappa shape index (κ2) is 5.61. The summed E-state index contributed by atoms with van der Waals surface area (Å²) in [5.41, 5.74) is 7.34. The maximum absolute atomic E-state index is 5.88. The first-order valence-corrected chi connectivity index (χ1v) is 7.16. The maximum atomic E-state index is 5.88. The minimum atomic E-state index is 0.289. The SMILES string of the molecule is C=C(C)/C=C\C1=C(C)CC2(CCN(C)CC2)[C@@H]1NN. The van der Waals surface area contributed by atoms with Crippen LogP contribution in [0.5, 0.6) is 0 Å². The fourth-order valence-corrected chi connectivity index (χ4v) is 3.57. The molecule has 19 heavy (non-hydrogen) atoms. The fraction of sp³-hybridized carbons (Fsp3) is 0.625. The van der Waals surface area contributed by atoms with E-state index in [1.54, 1.807) is 0 Å². The van der Waals surface area contributed by atoms with Gasteiger partial charge in [0.2, 0.25) is 0 Å². The Hall–Kier alpha value is -0.900. The molecule has 1 aliphatic carbocycles. The van der Waals surface area contributed by atoms with Crippen LogP contribution in [0.4, 0.5) is 0 Å². The predicted octanol–water partition coefficient (Wildman–Crippen LogP) is 2.38. The summed E-state index contributed by atoms with van der Waals surface area (Å²) < 4.78 is 0. The normalized spacial score (nSPS) is 27.7. The van der Waals surface area contributed by atoms with Gasteiger partial charge >= 0.3 is 0 Å². The van der Waals surface area contributed by atoms with Gasteiger partial charge in [0.25, 0.3) is 0 Å². The van der Waals surface area contributed by atoms with Crippen LogP contribution in [0.3, 0.4) is 0 Å². The number of rotatable bonds is 3. The van der Waals surface area contributed by atoms with E-state index in [1.165, 1.54) is 43.5 Å². The van der Waals surface area contributed by atoms with Crippen molar-refractivity contribution in [3.63, 3.8) is 0 Å². The Bertz CT molecular complexity index is 412. The lowest BCUT2D eigenvalue weighted by atomic mass is 9.72. The predicted molar refractivity (Wildman–Crippen MR) is 81.5 cm³/mol. The zero-order valence-corrected chi connectivity index (χ0v) is 12.5. The molecule has 0 amide bonds. The lowest BCUT2D eigenvalue weighted by Crippen LogP contribution is -2.51. The van der Waals surface area contributed by atoms with Crippen LogP contribution in [-0.4, -0.2) is 31.1 Å². The van der Waals surface area contributed by atoms with E-state index in [2.05, 4.69) is 43.0 Å². The van der Waals surface area contributed by atoms with Crippen LogP contribution in [-0.2, 0) is 0 Å². The second-order valence-corrected chi connectivity index (χ2v) is 6.36. The number of nitrogens with two attached hydrogens (primary N) is 1. The number of hydrogen-bond donors (Lipinski definition) is 2. The van der Waals surface area contributed by atoms with Gasteiger partial charge in [0, 0.05) is 0 Å². The molecule has 0 aromatic carbocycles. The summed E-state index contributed by atoms with van der Waals surface area (Å²) >= 11 is 0. The highest BCUT2D eigenvalue weighted by Crippen LogP contribution is 2.49. The van der Waals surface area contributed by atoms with E-state index in [0.717, 1.165) is 5.57 Å². The summed E-state index contributed by atoms with van der Waals surface area (Å²) in [6, 6.07) is 0.289. The van der Waals surface area contributed by atoms with Crippen molar-refractivity contribution in [2.45, 2.75) is 39.2 Å². The standard InChI is InChI=1S/C16H27N3/c1-12(2)5-6-14-13(3)11-16(15(14)18-17)7-9-19(4)10-8-16/h5-6,15,18H,1,7-11,17H2,2-4H3/b6-5-/t15-/m1/s1. The molecular formula is C16H27N3. The number of nitrogens with one attached hydrogen (secondary N) is 1. The van der Waals surface area contributed by atoms with Gasteiger partial charge in [0.05, 0.1) is 6.04 Å². The van der Waals surface area contributed by atoms with Gasteiger partial charge < -0.3 is 4.90 Å². The highest BCUT2D eigenvalue weighted by atomic mass is 15.2. The molecule has 3 nitrogen and oxygen atoms in total. The van der Waals surface area contributed by atoms with E-state index in [4.69, 9.17) is 5.84 Å². The molecule has 2 aliphatic rings. The molecule has 1 saturated heterocycles. The Kier molecular flexibility index (Phi) is 4.29. The Morgan fingerprint density at radius 3 is 2.63 bits per heavy atom. The Morgan fingerprint density at radius 2 is 2.11 bits per heavy atom. The zero-order chi connectivity index (χ0) is 14.0. The van der Waals surface area contributed by atoms with E-state index in [0.29, 0.717) is 5.41 Å². The van der Waals surface area contributed by atoms with Gasteiger partial charge in [-0.2, -0.15) is 0 Å². The smallest absolute Gasteiger partial charge is 0.0519 e. The number of nitrogens with zero attached hydrogens (tertiary/aromatic N) is 1. The first kappa shape index (κ1) is 14.5. The number of allylic oxidation sites excluding steroid dienone is 3. The van der Waals surface area contributed by atoms with Crippen molar-refractivity contribution in [1.29, 1.82) is 0 Å². The van der Waals surface area contributed by atoms with E-state index < -0.39 is 0 Å². The quantitative estimate of drug-likeness (QED) is 0.465. The third-order valence-corrected chi connectivity index (χ3v) is 4.73. The summed E-state index contributed by atoms with van der Waals surface area (Å²) in [7, 11) is 2.20. The van der Waals surface area contributed by atoms with Crippen LogP contribution in [0.25, 0.3) is 0 Å². The largest absolute Gasteiger partial charge is 0.306 e. The summed E-state index contributed by atoms with van der Waals surface area (Å²) in [6.07, 6.45) is 7.91. The van der Waals surface area contributed by atoms with Crippen molar-refractivity contribution >= 4 is 0 Å². The fourth-order valence-electron chi connectivity index (χ4n) is 3.57. The molecule has 0 saturated carbocycles. The van der Waals surface area contributed by atoms with Crippen LogP contribution in [0, 0.1) is 5.41 Å². The van der Waals surface area contributed by atoms with Gasteiger partial charge in [-0.05, 0) is 64.2 Å². The molecule has 3 heteroatoms. The summed E-state index contributed by atoms with van der Waals surface area (Å²) in [5.74, 6) is 5.88. The van der Waals surface area contributed by atoms with E-state index >= 15 is 0 Å². The van der Waals surface area contributed by atoms with Gasteiger partial charge in [-0.15, -0.1) is 0 Å². The number of hydrogen-bond acceptors (Lipinski definition) is 3. The molecule has 0 radical (unpaired) electrons. The molecule has 1 heterocycles. The van der Waals surface area contributed by atoms with E-state index in [9.17, 15) is 0 Å². The van der Waals surface area contributed by atoms with Gasteiger partial charge in [-0.3, -0.25) is 11.3 Å². The van der Waals surface area contributed by atoms with Crippen LogP contribution >= 0.6 is 0 Å². The molecule has 106 valence electrons.